The number of fused-ring (bicyclic) bond motifs is 1. The van der Waals surface area contributed by atoms with E-state index < -0.39 is 5.82 Å². The van der Waals surface area contributed by atoms with Gasteiger partial charge in [0.15, 0.2) is 11.5 Å². The molecule has 2 fully saturated rings. The van der Waals surface area contributed by atoms with E-state index in [0.717, 1.165) is 44.2 Å². The summed E-state index contributed by atoms with van der Waals surface area (Å²) in [6, 6.07) is 8.47. The fraction of sp³-hybridized carbons (Fsp3) is 0.400. The van der Waals surface area contributed by atoms with E-state index in [1.165, 1.54) is 18.5 Å². The third-order valence-corrected chi connectivity index (χ3v) is 7.02. The Morgan fingerprint density at radius 1 is 1.09 bits per heavy atom. The molecule has 2 heterocycles. The highest BCUT2D eigenvalue weighted by Crippen LogP contribution is 2.37. The molecule has 1 aromatic heterocycles. The quantitative estimate of drug-likeness (QED) is 0.500. The number of nitrogens with zero attached hydrogens (tertiary/aromatic N) is 4. The van der Waals surface area contributed by atoms with Crippen LogP contribution in [0.25, 0.3) is 10.9 Å². The molecule has 10 heteroatoms. The zero-order chi connectivity index (χ0) is 24.5. The molecule has 3 aromatic rings. The molecule has 8 nitrogen and oxygen atoms in total. The van der Waals surface area contributed by atoms with Crippen LogP contribution in [0.4, 0.5) is 20.7 Å². The van der Waals surface area contributed by atoms with E-state index in [9.17, 15) is 9.18 Å². The van der Waals surface area contributed by atoms with E-state index in [1.807, 2.05) is 24.1 Å². The second-order valence-corrected chi connectivity index (χ2v) is 9.35. The predicted molar refractivity (Wildman–Crippen MR) is 132 cm³/mol. The Morgan fingerprint density at radius 3 is 2.57 bits per heavy atom. The molecule has 1 saturated carbocycles. The molecular weight excluding hydrogens is 473 g/mol. The number of aromatic nitrogens is 2. The molecule has 0 atom stereocenters. The highest BCUT2D eigenvalue weighted by atomic mass is 35.5. The molecule has 1 saturated heterocycles. The van der Waals surface area contributed by atoms with Gasteiger partial charge < -0.3 is 24.6 Å². The lowest BCUT2D eigenvalue weighted by atomic mass is 9.92. The van der Waals surface area contributed by atoms with Crippen LogP contribution in [0.15, 0.2) is 36.7 Å². The number of methoxy groups -OCH3 is 1. The second kappa shape index (κ2) is 9.73. The van der Waals surface area contributed by atoms with Crippen molar-refractivity contribution < 1.29 is 18.7 Å². The largest absolute Gasteiger partial charge is 0.493 e. The molecule has 2 aromatic carbocycles. The van der Waals surface area contributed by atoms with Crippen molar-refractivity contribution in [1.82, 2.24) is 19.8 Å². The fourth-order valence-corrected chi connectivity index (χ4v) is 4.97. The Morgan fingerprint density at radius 2 is 1.89 bits per heavy atom. The number of hydrogen-bond acceptors (Lipinski definition) is 6. The first-order valence-electron chi connectivity index (χ1n) is 11.7. The van der Waals surface area contributed by atoms with Gasteiger partial charge in [0, 0.05) is 43.3 Å². The third-order valence-electron chi connectivity index (χ3n) is 6.73. The first-order chi connectivity index (χ1) is 16.9. The zero-order valence-electron chi connectivity index (χ0n) is 19.6. The summed E-state index contributed by atoms with van der Waals surface area (Å²) in [7, 11) is 3.45. The first-order valence-corrected chi connectivity index (χ1v) is 12.0. The van der Waals surface area contributed by atoms with Crippen molar-refractivity contribution in [1.29, 1.82) is 0 Å². The maximum Gasteiger partial charge on any atom is 0.320 e. The van der Waals surface area contributed by atoms with Crippen LogP contribution >= 0.6 is 11.6 Å². The summed E-state index contributed by atoms with van der Waals surface area (Å²) in [5.41, 5.74) is 1.29. The maximum absolute atomic E-state index is 13.6. The number of anilines is 2. The lowest BCUT2D eigenvalue weighted by Gasteiger charge is -2.34. The zero-order valence-corrected chi connectivity index (χ0v) is 20.4. The average Bonchev–Trinajstić information content (AvgIpc) is 3.20. The third kappa shape index (κ3) is 4.77. The van der Waals surface area contributed by atoms with Gasteiger partial charge in [0.2, 0.25) is 0 Å². The molecule has 184 valence electrons. The average molecular weight is 500 g/mol. The highest BCUT2D eigenvalue weighted by molar-refractivity contribution is 6.31. The van der Waals surface area contributed by atoms with Gasteiger partial charge in [0.25, 0.3) is 0 Å². The van der Waals surface area contributed by atoms with Crippen molar-refractivity contribution in [3.8, 4) is 11.5 Å². The van der Waals surface area contributed by atoms with Gasteiger partial charge in [-0.05, 0) is 49.9 Å². The summed E-state index contributed by atoms with van der Waals surface area (Å²) in [5, 5.41) is 3.95. The molecule has 0 spiro atoms. The van der Waals surface area contributed by atoms with Gasteiger partial charge in [-0.25, -0.2) is 19.2 Å². The predicted octanol–water partition coefficient (Wildman–Crippen LogP) is 5.23. The molecule has 1 N–H and O–H groups in total. The Bertz CT molecular complexity index is 1250. The van der Waals surface area contributed by atoms with E-state index in [2.05, 4.69) is 15.3 Å². The highest BCUT2D eigenvalue weighted by Gasteiger charge is 2.34. The Labute approximate surface area is 208 Å². The number of hydrogen-bond donors (Lipinski definition) is 1. The molecule has 5 rings (SSSR count). The maximum atomic E-state index is 13.6. The van der Waals surface area contributed by atoms with E-state index >= 15 is 0 Å². The van der Waals surface area contributed by atoms with Crippen LogP contribution in [0.2, 0.25) is 5.02 Å². The molecule has 0 bridgehead atoms. The Hall–Kier alpha value is -3.33. The molecule has 1 aliphatic heterocycles. The monoisotopic (exact) mass is 499 g/mol. The van der Waals surface area contributed by atoms with Crippen molar-refractivity contribution in [2.24, 2.45) is 0 Å². The van der Waals surface area contributed by atoms with Crippen LogP contribution in [0.5, 0.6) is 11.5 Å². The molecule has 2 amide bonds. The van der Waals surface area contributed by atoms with Gasteiger partial charge in [0.1, 0.15) is 18.0 Å². The van der Waals surface area contributed by atoms with Crippen LogP contribution in [-0.4, -0.2) is 65.2 Å². The summed E-state index contributed by atoms with van der Waals surface area (Å²) in [6.45, 7) is 1.57. The van der Waals surface area contributed by atoms with Crippen LogP contribution in [-0.2, 0) is 0 Å². The summed E-state index contributed by atoms with van der Waals surface area (Å²) in [6.07, 6.45) is 4.98. The van der Waals surface area contributed by atoms with Gasteiger partial charge in [-0.2, -0.15) is 0 Å². The van der Waals surface area contributed by atoms with Gasteiger partial charge in [-0.3, -0.25) is 0 Å². The summed E-state index contributed by atoms with van der Waals surface area (Å²) < 4.78 is 25.5. The summed E-state index contributed by atoms with van der Waals surface area (Å²) in [5.74, 6) is 1.26. The van der Waals surface area contributed by atoms with Crippen molar-refractivity contribution in [2.75, 3.05) is 32.6 Å². The minimum atomic E-state index is -0.485. The van der Waals surface area contributed by atoms with E-state index in [1.54, 1.807) is 18.1 Å². The minimum Gasteiger partial charge on any atom is -0.493 e. The van der Waals surface area contributed by atoms with E-state index in [0.29, 0.717) is 28.5 Å². The van der Waals surface area contributed by atoms with Gasteiger partial charge >= 0.3 is 6.03 Å². The lowest BCUT2D eigenvalue weighted by Crippen LogP contribution is -2.42. The number of ether oxygens (including phenoxy) is 2. The number of likely N-dealkylation sites (N-methyl/N-ethyl adjacent to an activating group) is 1. The second-order valence-electron chi connectivity index (χ2n) is 8.94. The number of carbonyl (C=O) groups is 1. The van der Waals surface area contributed by atoms with E-state index in [-0.39, 0.29) is 23.2 Å². The molecular formula is C25H27ClFN5O3. The molecule has 1 aliphatic carbocycles. The van der Waals surface area contributed by atoms with Gasteiger partial charge in [-0.1, -0.05) is 11.6 Å². The van der Waals surface area contributed by atoms with Crippen molar-refractivity contribution in [3.05, 3.63) is 47.5 Å². The number of benzene rings is 2. The number of halogens is 2. The fourth-order valence-electron chi connectivity index (χ4n) is 4.79. The SMILES string of the molecule is COc1cc2ncnc(Nc3ccc(F)c(Cl)c3)c2cc1OC1CCC(N2CCN(C)C2=O)CC1. The van der Waals surface area contributed by atoms with Crippen LogP contribution < -0.4 is 14.8 Å². The Kier molecular flexibility index (Phi) is 6.51. The number of nitrogens with one attached hydrogen (secondary N) is 1. The topological polar surface area (TPSA) is 79.8 Å². The van der Waals surface area contributed by atoms with Gasteiger partial charge in [-0.15, -0.1) is 0 Å². The van der Waals surface area contributed by atoms with Crippen molar-refractivity contribution in [3.63, 3.8) is 0 Å². The number of urea groups is 1. The Balaban J connectivity index is 1.34. The van der Waals surface area contributed by atoms with Crippen LogP contribution in [0.1, 0.15) is 25.7 Å². The molecule has 0 radical (unpaired) electrons. The molecule has 35 heavy (non-hydrogen) atoms. The minimum absolute atomic E-state index is 0.0185. The summed E-state index contributed by atoms with van der Waals surface area (Å²) in [4.78, 5) is 24.8. The van der Waals surface area contributed by atoms with Gasteiger partial charge in [0.05, 0.1) is 23.8 Å². The van der Waals surface area contributed by atoms with Crippen molar-refractivity contribution >= 4 is 40.0 Å². The first kappa shape index (κ1) is 23.4. The lowest BCUT2D eigenvalue weighted by molar-refractivity contribution is 0.104. The summed E-state index contributed by atoms with van der Waals surface area (Å²) >= 11 is 5.93. The molecule has 2 aliphatic rings. The normalized spacial score (nSPS) is 20.4. The van der Waals surface area contributed by atoms with E-state index in [4.69, 9.17) is 21.1 Å². The standard InChI is InChI=1S/C25H27ClFN5O3/c1-31-9-10-32(25(31)33)16-4-6-17(7-5-16)35-23-12-18-21(13-22(23)34-2)28-14-29-24(18)30-15-3-8-20(27)19(26)11-15/h3,8,11-14,16-17H,4-7,9-10H2,1-2H3,(H,28,29,30). The number of amides is 2. The molecule has 0 unspecified atom stereocenters. The van der Waals surface area contributed by atoms with Crippen molar-refractivity contribution in [2.45, 2.75) is 37.8 Å². The van der Waals surface area contributed by atoms with Crippen LogP contribution in [0.3, 0.4) is 0 Å². The van der Waals surface area contributed by atoms with Crippen LogP contribution in [0, 0.1) is 5.82 Å². The smallest absolute Gasteiger partial charge is 0.320 e. The number of rotatable bonds is 6. The number of carbonyl (C=O) groups excluding carboxylic acids is 1.